The molecule has 2 heterocycles. The van der Waals surface area contributed by atoms with Crippen LogP contribution in [-0.2, 0) is 9.59 Å². The first kappa shape index (κ1) is 20.0. The minimum absolute atomic E-state index is 0.0406. The fourth-order valence-electron chi connectivity index (χ4n) is 3.31. The van der Waals surface area contributed by atoms with Gasteiger partial charge in [0.25, 0.3) is 0 Å². The van der Waals surface area contributed by atoms with Crippen molar-refractivity contribution in [1.29, 1.82) is 0 Å². The van der Waals surface area contributed by atoms with Crippen molar-refractivity contribution in [2.75, 3.05) is 52.4 Å². The van der Waals surface area contributed by atoms with Crippen LogP contribution in [0.4, 0.5) is 13.2 Å². The fraction of sp³-hybridized carbons (Fsp3) is 0.875. The van der Waals surface area contributed by atoms with Crippen molar-refractivity contribution < 1.29 is 22.8 Å². The zero-order valence-corrected chi connectivity index (χ0v) is 14.6. The normalized spacial score (nSPS) is 23.5. The van der Waals surface area contributed by atoms with E-state index in [2.05, 4.69) is 6.92 Å². The Labute approximate surface area is 146 Å². The van der Waals surface area contributed by atoms with Crippen LogP contribution in [-0.4, -0.2) is 91.1 Å². The maximum atomic E-state index is 12.4. The van der Waals surface area contributed by atoms with Crippen LogP contribution in [0, 0.1) is 0 Å². The first-order chi connectivity index (χ1) is 11.7. The van der Waals surface area contributed by atoms with Crippen LogP contribution in [0.3, 0.4) is 0 Å². The zero-order chi connectivity index (χ0) is 18.4. The molecule has 144 valence electrons. The highest BCUT2D eigenvalue weighted by Gasteiger charge is 2.29. The predicted octanol–water partition coefficient (Wildman–Crippen LogP) is 0.684. The van der Waals surface area contributed by atoms with Gasteiger partial charge in [-0.05, 0) is 26.2 Å². The average molecular weight is 364 g/mol. The van der Waals surface area contributed by atoms with Crippen LogP contribution >= 0.6 is 0 Å². The van der Waals surface area contributed by atoms with E-state index >= 15 is 0 Å². The smallest absolute Gasteiger partial charge is 0.346 e. The van der Waals surface area contributed by atoms with Crippen LogP contribution in [0.2, 0.25) is 0 Å². The third kappa shape index (κ3) is 6.81. The maximum absolute atomic E-state index is 12.4. The van der Waals surface area contributed by atoms with Crippen LogP contribution in [0.25, 0.3) is 0 Å². The summed E-state index contributed by atoms with van der Waals surface area (Å²) < 4.78 is 36.2. The number of piperazine rings is 1. The van der Waals surface area contributed by atoms with E-state index in [1.165, 1.54) is 6.42 Å². The number of halogens is 3. The summed E-state index contributed by atoms with van der Waals surface area (Å²) in [6, 6.07) is 0.292. The number of likely N-dealkylation sites (tertiary alicyclic amines) is 1. The lowest BCUT2D eigenvalue weighted by atomic mass is 10.0. The third-order valence-corrected chi connectivity index (χ3v) is 4.80. The van der Waals surface area contributed by atoms with Gasteiger partial charge in [-0.2, -0.15) is 13.2 Å². The molecule has 0 spiro atoms. The molecular weight excluding hydrogens is 337 g/mol. The summed E-state index contributed by atoms with van der Waals surface area (Å²) in [4.78, 5) is 29.8. The Morgan fingerprint density at radius 2 is 1.60 bits per heavy atom. The molecule has 0 aromatic carbocycles. The topological polar surface area (TPSA) is 55.9 Å². The van der Waals surface area contributed by atoms with Gasteiger partial charge in [-0.1, -0.05) is 0 Å². The molecule has 1 N–H and O–H groups in total. The molecule has 1 atom stereocenters. The predicted molar refractivity (Wildman–Crippen MR) is 87.0 cm³/mol. The Bertz CT molecular complexity index is 465. The molecule has 2 saturated heterocycles. The van der Waals surface area contributed by atoms with Gasteiger partial charge in [-0.15, -0.1) is 0 Å². The number of amides is 2. The molecule has 2 fully saturated rings. The lowest BCUT2D eigenvalue weighted by Gasteiger charge is -2.37. The minimum Gasteiger partial charge on any atom is -0.346 e. The van der Waals surface area contributed by atoms with Gasteiger partial charge in [0.1, 0.15) is 6.54 Å². The molecule has 2 aliphatic heterocycles. The number of piperidine rings is 1. The van der Waals surface area contributed by atoms with Gasteiger partial charge in [-0.25, -0.2) is 0 Å². The molecule has 2 rings (SSSR count). The lowest BCUT2D eigenvalue weighted by Crippen LogP contribution is -2.53. The lowest BCUT2D eigenvalue weighted by molar-refractivity contribution is -0.139. The van der Waals surface area contributed by atoms with Crippen molar-refractivity contribution in [2.45, 2.75) is 38.4 Å². The molecule has 0 aromatic heterocycles. The molecule has 25 heavy (non-hydrogen) atoms. The fourth-order valence-corrected chi connectivity index (χ4v) is 3.31. The quantitative estimate of drug-likeness (QED) is 0.780. The highest BCUT2D eigenvalue weighted by Crippen LogP contribution is 2.17. The van der Waals surface area contributed by atoms with Crippen LogP contribution in [0.1, 0.15) is 26.2 Å². The third-order valence-electron chi connectivity index (χ3n) is 4.80. The second kappa shape index (κ2) is 8.84. The molecule has 2 amide bonds. The first-order valence-corrected chi connectivity index (χ1v) is 8.82. The molecular formula is C16H27F3N4O2. The SMILES string of the molecule is CC1CCCCN1C(=O)CN1CCN(CC(=O)NCC(F)(F)F)CC1. The van der Waals surface area contributed by atoms with Gasteiger partial charge in [0.05, 0.1) is 13.1 Å². The number of hydrogen-bond acceptors (Lipinski definition) is 4. The Hall–Kier alpha value is -1.35. The van der Waals surface area contributed by atoms with E-state index in [1.54, 1.807) is 0 Å². The summed E-state index contributed by atoms with van der Waals surface area (Å²) in [6.45, 7) is 4.35. The summed E-state index contributed by atoms with van der Waals surface area (Å²) in [6.07, 6.45) is -1.12. The Morgan fingerprint density at radius 1 is 1.00 bits per heavy atom. The minimum atomic E-state index is -4.39. The summed E-state index contributed by atoms with van der Waals surface area (Å²) in [5.74, 6) is -0.479. The number of alkyl halides is 3. The molecule has 0 radical (unpaired) electrons. The molecule has 0 aromatic rings. The van der Waals surface area contributed by atoms with E-state index in [-0.39, 0.29) is 12.5 Å². The summed E-state index contributed by atoms with van der Waals surface area (Å²) >= 11 is 0. The van der Waals surface area contributed by atoms with Crippen molar-refractivity contribution in [3.63, 3.8) is 0 Å². The maximum Gasteiger partial charge on any atom is 0.405 e. The van der Waals surface area contributed by atoms with Gasteiger partial charge >= 0.3 is 6.18 Å². The van der Waals surface area contributed by atoms with Crippen molar-refractivity contribution in [3.05, 3.63) is 0 Å². The molecule has 0 aliphatic carbocycles. The highest BCUT2D eigenvalue weighted by atomic mass is 19.4. The number of carbonyl (C=O) groups excluding carboxylic acids is 2. The number of nitrogens with one attached hydrogen (secondary N) is 1. The summed E-state index contributed by atoms with van der Waals surface area (Å²) in [5.41, 5.74) is 0. The van der Waals surface area contributed by atoms with Crippen LogP contribution < -0.4 is 5.32 Å². The number of rotatable bonds is 5. The number of carbonyl (C=O) groups is 2. The molecule has 0 bridgehead atoms. The van der Waals surface area contributed by atoms with E-state index < -0.39 is 18.6 Å². The Balaban J connectivity index is 1.67. The van der Waals surface area contributed by atoms with Crippen molar-refractivity contribution in [3.8, 4) is 0 Å². The zero-order valence-electron chi connectivity index (χ0n) is 14.6. The van der Waals surface area contributed by atoms with E-state index in [1.807, 2.05) is 20.0 Å². The van der Waals surface area contributed by atoms with Gasteiger partial charge in [0, 0.05) is 38.8 Å². The second-order valence-corrected chi connectivity index (χ2v) is 6.88. The van der Waals surface area contributed by atoms with Crippen LogP contribution in [0.5, 0.6) is 0 Å². The van der Waals surface area contributed by atoms with Gasteiger partial charge in [0.15, 0.2) is 0 Å². The largest absolute Gasteiger partial charge is 0.405 e. The van der Waals surface area contributed by atoms with E-state index in [0.29, 0.717) is 38.8 Å². The van der Waals surface area contributed by atoms with E-state index in [4.69, 9.17) is 0 Å². The average Bonchev–Trinajstić information content (AvgIpc) is 2.54. The molecule has 2 aliphatic rings. The Morgan fingerprint density at radius 3 is 2.16 bits per heavy atom. The number of hydrogen-bond donors (Lipinski definition) is 1. The second-order valence-electron chi connectivity index (χ2n) is 6.88. The van der Waals surface area contributed by atoms with Crippen molar-refractivity contribution in [1.82, 2.24) is 20.0 Å². The first-order valence-electron chi connectivity index (χ1n) is 8.82. The summed E-state index contributed by atoms with van der Waals surface area (Å²) in [7, 11) is 0. The van der Waals surface area contributed by atoms with Crippen LogP contribution in [0.15, 0.2) is 0 Å². The van der Waals surface area contributed by atoms with E-state index in [0.717, 1.165) is 19.4 Å². The summed E-state index contributed by atoms with van der Waals surface area (Å²) in [5, 5.41) is 1.88. The Kier molecular flexibility index (Phi) is 7.06. The van der Waals surface area contributed by atoms with Gasteiger partial charge in [-0.3, -0.25) is 19.4 Å². The van der Waals surface area contributed by atoms with Gasteiger partial charge in [0.2, 0.25) is 11.8 Å². The molecule has 0 saturated carbocycles. The molecule has 9 heteroatoms. The van der Waals surface area contributed by atoms with Gasteiger partial charge < -0.3 is 10.2 Å². The standard InChI is InChI=1S/C16H27F3N4O2/c1-13-4-2-3-5-23(13)15(25)11-22-8-6-21(7-9-22)10-14(24)20-12-16(17,18)19/h13H,2-12H2,1H3,(H,20,24). The van der Waals surface area contributed by atoms with Crippen molar-refractivity contribution in [2.24, 2.45) is 0 Å². The van der Waals surface area contributed by atoms with E-state index in [9.17, 15) is 22.8 Å². The monoisotopic (exact) mass is 364 g/mol. The highest BCUT2D eigenvalue weighted by molar-refractivity contribution is 5.79. The molecule has 6 nitrogen and oxygen atoms in total. The molecule has 1 unspecified atom stereocenters. The number of nitrogens with zero attached hydrogens (tertiary/aromatic N) is 3. The van der Waals surface area contributed by atoms with Crippen molar-refractivity contribution >= 4 is 11.8 Å².